The zero-order chi connectivity index (χ0) is 13.7. The third-order valence-electron chi connectivity index (χ3n) is 2.54. The van der Waals surface area contributed by atoms with E-state index in [-0.39, 0.29) is 0 Å². The number of anilines is 1. The molecule has 2 aromatic heterocycles. The maximum atomic E-state index is 11.2. The molecular formula is C13H12N4O2. The van der Waals surface area contributed by atoms with Crippen molar-refractivity contribution in [3.63, 3.8) is 0 Å². The molecule has 0 aliphatic rings. The topological polar surface area (TPSA) is 98.0 Å². The highest BCUT2D eigenvalue weighted by atomic mass is 16.1. The molecule has 0 radical (unpaired) electrons. The Morgan fingerprint density at radius 3 is 2.79 bits per heavy atom. The summed E-state index contributed by atoms with van der Waals surface area (Å²) in [5.74, 6) is -0.537. The van der Waals surface area contributed by atoms with Gasteiger partial charge in [0.1, 0.15) is 5.69 Å². The van der Waals surface area contributed by atoms with E-state index in [2.05, 4.69) is 15.3 Å². The molecular weight excluding hydrogens is 244 g/mol. The van der Waals surface area contributed by atoms with E-state index in [1.807, 2.05) is 0 Å². The fourth-order valence-corrected chi connectivity index (χ4v) is 1.55. The molecule has 0 aliphatic carbocycles. The normalized spacial score (nSPS) is 9.89. The van der Waals surface area contributed by atoms with Crippen molar-refractivity contribution in [2.24, 2.45) is 5.73 Å². The minimum atomic E-state index is -0.537. The summed E-state index contributed by atoms with van der Waals surface area (Å²) >= 11 is 0. The Bertz CT molecular complexity index is 596. The largest absolute Gasteiger partial charge is 0.380 e. The van der Waals surface area contributed by atoms with E-state index in [1.165, 1.54) is 6.20 Å². The number of hydrogen-bond acceptors (Lipinski definition) is 5. The molecule has 0 bridgehead atoms. The van der Waals surface area contributed by atoms with Crippen molar-refractivity contribution >= 4 is 17.9 Å². The molecule has 19 heavy (non-hydrogen) atoms. The number of rotatable bonds is 5. The van der Waals surface area contributed by atoms with Crippen molar-refractivity contribution in [2.45, 2.75) is 6.54 Å². The Morgan fingerprint density at radius 2 is 2.16 bits per heavy atom. The molecule has 0 aromatic carbocycles. The van der Waals surface area contributed by atoms with Crippen LogP contribution in [0.15, 0.2) is 36.8 Å². The average molecular weight is 256 g/mol. The Morgan fingerprint density at radius 1 is 1.32 bits per heavy atom. The molecule has 0 atom stereocenters. The quantitative estimate of drug-likeness (QED) is 0.778. The summed E-state index contributed by atoms with van der Waals surface area (Å²) in [5.41, 5.74) is 7.46. The van der Waals surface area contributed by atoms with Crippen LogP contribution in [0.1, 0.15) is 26.4 Å². The minimum absolute atomic E-state index is 0.333. The van der Waals surface area contributed by atoms with E-state index in [9.17, 15) is 9.59 Å². The Labute approximate surface area is 109 Å². The molecule has 6 nitrogen and oxygen atoms in total. The summed E-state index contributed by atoms with van der Waals surface area (Å²) in [5, 5.41) is 3.08. The number of pyridine rings is 2. The van der Waals surface area contributed by atoms with E-state index < -0.39 is 5.91 Å². The molecule has 0 spiro atoms. The van der Waals surface area contributed by atoms with Crippen LogP contribution in [0.2, 0.25) is 0 Å². The van der Waals surface area contributed by atoms with Crippen molar-refractivity contribution < 1.29 is 9.59 Å². The summed E-state index contributed by atoms with van der Waals surface area (Å²) in [6.45, 7) is 0.469. The second kappa shape index (κ2) is 5.72. The predicted octanol–water partition coefficient (Wildman–Crippen LogP) is 1.00. The second-order valence-corrected chi connectivity index (χ2v) is 3.85. The highest BCUT2D eigenvalue weighted by molar-refractivity contribution is 5.98. The Hall–Kier alpha value is -2.76. The van der Waals surface area contributed by atoms with Crippen LogP contribution in [-0.4, -0.2) is 22.2 Å². The van der Waals surface area contributed by atoms with Crippen LogP contribution in [0.3, 0.4) is 0 Å². The highest BCUT2D eigenvalue weighted by Crippen LogP contribution is 2.14. The van der Waals surface area contributed by atoms with Crippen LogP contribution in [0, 0.1) is 0 Å². The van der Waals surface area contributed by atoms with E-state index in [1.54, 1.807) is 30.6 Å². The number of nitrogens with zero attached hydrogens (tertiary/aromatic N) is 2. The van der Waals surface area contributed by atoms with E-state index in [0.29, 0.717) is 29.8 Å². The minimum Gasteiger partial charge on any atom is -0.380 e. The molecule has 6 heteroatoms. The van der Waals surface area contributed by atoms with Gasteiger partial charge in [-0.05, 0) is 17.7 Å². The summed E-state index contributed by atoms with van der Waals surface area (Å²) in [6.07, 6.45) is 5.27. The summed E-state index contributed by atoms with van der Waals surface area (Å²) < 4.78 is 0. The molecule has 0 saturated heterocycles. The molecule has 2 rings (SSSR count). The lowest BCUT2D eigenvalue weighted by Crippen LogP contribution is -2.14. The molecule has 1 amide bonds. The third-order valence-corrected chi connectivity index (χ3v) is 2.54. The number of nitrogens with two attached hydrogens (primary N) is 1. The average Bonchev–Trinajstić information content (AvgIpc) is 2.46. The standard InChI is InChI=1S/C13H12N4O2/c14-13(19)11-7-15-4-3-12(11)17-6-9-1-2-10(8-18)16-5-9/h1-5,7-8H,6H2,(H2,14,19)(H,15,17). The van der Waals surface area contributed by atoms with Gasteiger partial charge < -0.3 is 11.1 Å². The smallest absolute Gasteiger partial charge is 0.252 e. The summed E-state index contributed by atoms with van der Waals surface area (Å²) in [6, 6.07) is 5.09. The zero-order valence-corrected chi connectivity index (χ0v) is 10.0. The van der Waals surface area contributed by atoms with Gasteiger partial charge in [0.25, 0.3) is 5.91 Å². The van der Waals surface area contributed by atoms with Crippen LogP contribution in [0.25, 0.3) is 0 Å². The van der Waals surface area contributed by atoms with Gasteiger partial charge >= 0.3 is 0 Å². The molecule has 96 valence electrons. The van der Waals surface area contributed by atoms with Crippen LogP contribution in [0.5, 0.6) is 0 Å². The first-order chi connectivity index (χ1) is 9.20. The van der Waals surface area contributed by atoms with Crippen molar-refractivity contribution in [2.75, 3.05) is 5.32 Å². The van der Waals surface area contributed by atoms with E-state index in [4.69, 9.17) is 5.73 Å². The van der Waals surface area contributed by atoms with Crippen molar-refractivity contribution in [3.8, 4) is 0 Å². The SMILES string of the molecule is NC(=O)c1cnccc1NCc1ccc(C=O)nc1. The maximum Gasteiger partial charge on any atom is 0.252 e. The molecule has 0 aliphatic heterocycles. The van der Waals surface area contributed by atoms with E-state index in [0.717, 1.165) is 5.56 Å². The van der Waals surface area contributed by atoms with Gasteiger partial charge in [0, 0.05) is 25.1 Å². The fraction of sp³-hybridized carbons (Fsp3) is 0.0769. The van der Waals surface area contributed by atoms with Gasteiger partial charge in [0.15, 0.2) is 6.29 Å². The number of aldehydes is 1. The van der Waals surface area contributed by atoms with Crippen LogP contribution in [0.4, 0.5) is 5.69 Å². The van der Waals surface area contributed by atoms with E-state index >= 15 is 0 Å². The van der Waals surface area contributed by atoms with Gasteiger partial charge in [-0.15, -0.1) is 0 Å². The zero-order valence-electron chi connectivity index (χ0n) is 10.0. The van der Waals surface area contributed by atoms with Gasteiger partial charge in [-0.25, -0.2) is 0 Å². The monoisotopic (exact) mass is 256 g/mol. The van der Waals surface area contributed by atoms with Crippen molar-refractivity contribution in [1.29, 1.82) is 0 Å². The van der Waals surface area contributed by atoms with Crippen molar-refractivity contribution in [1.82, 2.24) is 9.97 Å². The number of primary amides is 1. The molecule has 2 heterocycles. The first-order valence-electron chi connectivity index (χ1n) is 5.58. The van der Waals surface area contributed by atoms with Gasteiger partial charge in [-0.3, -0.25) is 19.6 Å². The summed E-state index contributed by atoms with van der Waals surface area (Å²) in [7, 11) is 0. The second-order valence-electron chi connectivity index (χ2n) is 3.85. The summed E-state index contributed by atoms with van der Waals surface area (Å²) in [4.78, 5) is 29.5. The number of carbonyl (C=O) groups excluding carboxylic acids is 2. The first kappa shape index (κ1) is 12.7. The van der Waals surface area contributed by atoms with Crippen molar-refractivity contribution in [3.05, 3.63) is 53.6 Å². The van der Waals surface area contributed by atoms with Gasteiger partial charge in [-0.2, -0.15) is 0 Å². The van der Waals surface area contributed by atoms with Gasteiger partial charge in [0.2, 0.25) is 0 Å². The van der Waals surface area contributed by atoms with Gasteiger partial charge in [-0.1, -0.05) is 6.07 Å². The Kier molecular flexibility index (Phi) is 3.82. The highest BCUT2D eigenvalue weighted by Gasteiger charge is 2.07. The molecule has 0 saturated carbocycles. The number of amides is 1. The Balaban J connectivity index is 2.09. The lowest BCUT2D eigenvalue weighted by molar-refractivity contribution is 0.1000. The van der Waals surface area contributed by atoms with Crippen LogP contribution < -0.4 is 11.1 Å². The predicted molar refractivity (Wildman–Crippen MR) is 69.7 cm³/mol. The fourth-order valence-electron chi connectivity index (χ4n) is 1.55. The number of aromatic nitrogens is 2. The number of nitrogens with one attached hydrogen (secondary N) is 1. The van der Waals surface area contributed by atoms with Crippen LogP contribution in [-0.2, 0) is 6.54 Å². The first-order valence-corrected chi connectivity index (χ1v) is 5.58. The van der Waals surface area contributed by atoms with Crippen LogP contribution >= 0.6 is 0 Å². The molecule has 0 unspecified atom stereocenters. The lowest BCUT2D eigenvalue weighted by atomic mass is 10.2. The van der Waals surface area contributed by atoms with Gasteiger partial charge in [0.05, 0.1) is 11.3 Å². The molecule has 3 N–H and O–H groups in total. The molecule has 2 aromatic rings. The molecule has 0 fully saturated rings. The number of carbonyl (C=O) groups is 2. The third kappa shape index (κ3) is 3.12. The lowest BCUT2D eigenvalue weighted by Gasteiger charge is -2.09. The number of hydrogen-bond donors (Lipinski definition) is 2. The maximum absolute atomic E-state index is 11.2.